The minimum absolute atomic E-state index is 0.0720. The average molecular weight is 1940 g/mol. The number of para-hydroxylation sites is 1. The zero-order valence-electron chi connectivity index (χ0n) is 70.6. The standard InChI is InChI=1S/C17H14ClF3N2O4S.C17H14ClF3N2O2.C13H18N2O4.C11H10ClF3N2O2.C10H11FN2O2.C9H18N2O2.C8H16N2O2/c18-14-7-6-11(8-13(14)17(19,20)21)9-22-16(25)15(24)10-23-28(26,27)12-4-2-1-3-5-12;18-14-7-6-11(8-13(14)17(19,20)21)9-23-16(25)15(24)10-22-12-4-2-1-3-5-12;14-6-12(18)13(19)15-4-3-9-1-2-10(7-16)11(5-9)8-17;12-8-2-1-6(3-7(8)11(13,14)15)5-17-10(19)9(18)4-16;11-8-3-1-7(2-4-8)6-13-10(15)9(14)5-12;1-2-3-4-5-6-11-9(13)8(12)7-10;1-2-3-4-5-10-8(12)7(11)6-9/h1-8,23H,9-10H2,(H,22,25);1-8,22H,9-10H2,(H,23,25);1-2,5,16-17H,3-4,6-8,14H2,(H,15,19);1-3H,4-5,16H2,(H,17,19);1-4H,5-6,12H2,(H,13,15);2-7,10H2,1H3,(H,11,13);2-6,9H2,1H3,(H,10,12). The molecule has 0 saturated heterocycles. The number of anilines is 1. The van der Waals surface area contributed by atoms with Gasteiger partial charge >= 0.3 is 18.5 Å². The molecule has 32 nitrogen and oxygen atoms in total. The van der Waals surface area contributed by atoms with E-state index >= 15 is 0 Å². The number of hydrogen-bond acceptors (Lipinski definition) is 24. The van der Waals surface area contributed by atoms with Crippen LogP contribution in [0.3, 0.4) is 0 Å². The number of nitrogens with one attached hydrogen (secondary N) is 9. The number of carbonyl (C=O) groups is 14. The third-order valence-corrected chi connectivity index (χ3v) is 19.2. The Kier molecular flexibility index (Phi) is 55.8. The lowest BCUT2D eigenvalue weighted by Gasteiger charge is -2.11. The predicted octanol–water partition coefficient (Wildman–Crippen LogP) is 6.54. The number of Topliss-reactive ketones (excluding diaryl/α,β-unsaturated/α-hetero) is 7. The zero-order valence-corrected chi connectivity index (χ0v) is 73.7. The summed E-state index contributed by atoms with van der Waals surface area (Å²) >= 11 is 16.5. The van der Waals surface area contributed by atoms with E-state index in [1.165, 1.54) is 73.2 Å². The average Bonchev–Trinajstić information content (AvgIpc) is 0.814. The molecule has 0 aliphatic carbocycles. The van der Waals surface area contributed by atoms with Gasteiger partial charge in [-0.25, -0.2) is 17.5 Å². The van der Waals surface area contributed by atoms with Crippen LogP contribution < -0.4 is 75.9 Å². The summed E-state index contributed by atoms with van der Waals surface area (Å²) < 4.78 is 153. The largest absolute Gasteiger partial charge is 0.417 e. The normalized spacial score (nSPS) is 10.7. The van der Waals surface area contributed by atoms with Crippen molar-refractivity contribution in [3.63, 3.8) is 0 Å². The molecule has 7 aromatic carbocycles. The molecular formula is C85H101Cl3F10N14O18S. The predicted molar refractivity (Wildman–Crippen MR) is 465 cm³/mol. The van der Waals surface area contributed by atoms with Gasteiger partial charge in [0.25, 0.3) is 41.4 Å². The van der Waals surface area contributed by atoms with Crippen LogP contribution in [-0.4, -0.2) is 166 Å². The molecule has 0 heterocycles. The zero-order chi connectivity index (χ0) is 99.0. The minimum atomic E-state index is -4.66. The van der Waals surface area contributed by atoms with Gasteiger partial charge in [-0.15, -0.1) is 0 Å². The fraction of sp³-hybridized carbons (Fsp3) is 0.341. The van der Waals surface area contributed by atoms with Crippen molar-refractivity contribution in [1.29, 1.82) is 0 Å². The number of unbranched alkanes of at least 4 members (excludes halogenated alkanes) is 5. The maximum atomic E-state index is 12.8. The second kappa shape index (κ2) is 62.4. The number of benzene rings is 7. The van der Waals surface area contributed by atoms with Crippen LogP contribution in [0.2, 0.25) is 15.1 Å². The first-order valence-electron chi connectivity index (χ1n) is 39.4. The molecule has 0 fully saturated rings. The lowest BCUT2D eigenvalue weighted by molar-refractivity contribution is -0.138. The second-order valence-corrected chi connectivity index (χ2v) is 29.8. The summed E-state index contributed by atoms with van der Waals surface area (Å²) in [5, 5.41) is 36.1. The van der Waals surface area contributed by atoms with Gasteiger partial charge in [0.1, 0.15) is 5.82 Å². The molecule has 7 rings (SSSR count). The van der Waals surface area contributed by atoms with E-state index in [0.717, 1.165) is 86.1 Å². The van der Waals surface area contributed by atoms with Crippen molar-refractivity contribution < 1.29 is 130 Å². The fourth-order valence-corrected chi connectivity index (χ4v) is 11.4. The molecule has 0 bridgehead atoms. The van der Waals surface area contributed by atoms with Gasteiger partial charge in [0.2, 0.25) is 50.5 Å². The Balaban J connectivity index is 0.000000779. The van der Waals surface area contributed by atoms with Crippen molar-refractivity contribution in [3.8, 4) is 0 Å². The van der Waals surface area contributed by atoms with Crippen LogP contribution in [-0.2, 0) is 141 Å². The summed E-state index contributed by atoms with van der Waals surface area (Å²) in [6.45, 7) is 2.27. The number of carbonyl (C=O) groups excluding carboxylic acids is 14. The van der Waals surface area contributed by atoms with Crippen molar-refractivity contribution in [2.75, 3.05) is 70.8 Å². The molecule has 0 saturated carbocycles. The molecule has 7 aromatic rings. The number of hydrogen-bond donors (Lipinski definition) is 16. The van der Waals surface area contributed by atoms with Gasteiger partial charge < -0.3 is 81.4 Å². The molecular weight excluding hydrogens is 1830 g/mol. The molecule has 0 unspecified atom stereocenters. The molecule has 46 heteroatoms. The SMILES string of the molecule is CCCCCCNC(=O)C(=O)CN.CCCCCNC(=O)C(=O)CN.NCC(=O)C(=O)NCCc1ccc(CO)c(CO)c1.NCC(=O)C(=O)NCc1ccc(Cl)c(C(F)(F)F)c1.NCC(=O)C(=O)NCc1ccc(F)cc1.O=C(CNS(=O)(=O)c1ccccc1)C(=O)NCc1ccc(Cl)c(C(F)(F)F)c1.O=C(CNc1ccccc1)C(=O)NCc1ccc(Cl)c(C(F)(F)F)c1. The lowest BCUT2D eigenvalue weighted by atomic mass is 10.0. The Morgan fingerprint density at radius 1 is 0.351 bits per heavy atom. The van der Waals surface area contributed by atoms with Crippen LogP contribution in [0.25, 0.3) is 0 Å². The topological polar surface area (TPSA) is 552 Å². The molecule has 21 N–H and O–H groups in total. The third-order valence-electron chi connectivity index (χ3n) is 16.8. The number of aliphatic hydroxyl groups is 2. The number of alkyl halides is 9. The molecule has 131 heavy (non-hydrogen) atoms. The Hall–Kier alpha value is -11.9. The molecule has 716 valence electrons. The number of amides is 7. The van der Waals surface area contributed by atoms with E-state index in [-0.39, 0.29) is 99.5 Å². The smallest absolute Gasteiger partial charge is 0.392 e. The maximum absolute atomic E-state index is 12.8. The Bertz CT molecular complexity index is 5030. The van der Waals surface area contributed by atoms with Gasteiger partial charge in [0.05, 0.1) is 95.7 Å². The number of halogens is 13. The van der Waals surface area contributed by atoms with Crippen LogP contribution in [0.4, 0.5) is 49.6 Å². The fourth-order valence-electron chi connectivity index (χ4n) is 9.71. The highest BCUT2D eigenvalue weighted by Crippen LogP contribution is 2.37. The molecule has 0 radical (unpaired) electrons. The quantitative estimate of drug-likeness (QED) is 0.0110. The summed E-state index contributed by atoms with van der Waals surface area (Å²) in [4.78, 5) is 156. The lowest BCUT2D eigenvalue weighted by Crippen LogP contribution is -2.39. The second-order valence-electron chi connectivity index (χ2n) is 26.8. The highest BCUT2D eigenvalue weighted by molar-refractivity contribution is 7.89. The van der Waals surface area contributed by atoms with Gasteiger partial charge in [0, 0.05) is 51.5 Å². The van der Waals surface area contributed by atoms with Crippen LogP contribution in [0.1, 0.15) is 114 Å². The van der Waals surface area contributed by atoms with Crippen molar-refractivity contribution >= 4 is 132 Å². The van der Waals surface area contributed by atoms with Crippen molar-refractivity contribution in [1.82, 2.24) is 41.9 Å². The third kappa shape index (κ3) is 48.0. The first kappa shape index (κ1) is 117. The summed E-state index contributed by atoms with van der Waals surface area (Å²) in [7, 11) is -3.97. The van der Waals surface area contributed by atoms with Crippen molar-refractivity contribution in [2.45, 2.75) is 128 Å². The molecule has 0 atom stereocenters. The van der Waals surface area contributed by atoms with Gasteiger partial charge in [0.15, 0.2) is 0 Å². The summed E-state index contributed by atoms with van der Waals surface area (Å²) in [5.74, 6) is -10.9. The van der Waals surface area contributed by atoms with E-state index in [1.807, 2.05) is 10.8 Å². The summed E-state index contributed by atoms with van der Waals surface area (Å²) in [5.41, 5.74) is 26.1. The first-order valence-corrected chi connectivity index (χ1v) is 42.0. The van der Waals surface area contributed by atoms with Gasteiger partial charge in [-0.05, 0) is 131 Å². The molecule has 0 aromatic heterocycles. The van der Waals surface area contributed by atoms with Crippen LogP contribution >= 0.6 is 34.8 Å². The van der Waals surface area contributed by atoms with E-state index < -0.39 is 155 Å². The number of sulfonamides is 1. The summed E-state index contributed by atoms with van der Waals surface area (Å²) in [6, 6.07) is 36.5. The number of rotatable bonds is 41. The molecule has 0 aliphatic rings. The van der Waals surface area contributed by atoms with Crippen molar-refractivity contribution in [2.24, 2.45) is 28.7 Å². The highest BCUT2D eigenvalue weighted by atomic mass is 35.5. The summed E-state index contributed by atoms with van der Waals surface area (Å²) in [6.07, 6.45) is -5.87. The number of nitrogens with two attached hydrogens (primary N) is 5. The molecule has 7 amide bonds. The van der Waals surface area contributed by atoms with Gasteiger partial charge in [-0.1, -0.05) is 166 Å². The Morgan fingerprint density at radius 3 is 1.02 bits per heavy atom. The monoisotopic (exact) mass is 1930 g/mol. The van der Waals surface area contributed by atoms with E-state index in [1.54, 1.807) is 48.5 Å². The molecule has 0 aliphatic heterocycles. The van der Waals surface area contributed by atoms with Crippen molar-refractivity contribution in [3.05, 3.63) is 234 Å². The molecule has 0 spiro atoms. The van der Waals surface area contributed by atoms with Gasteiger partial charge in [-0.2, -0.15) is 39.5 Å². The van der Waals surface area contributed by atoms with E-state index in [2.05, 4.69) is 56.4 Å². The Labute approximate surface area is 761 Å². The van der Waals surface area contributed by atoms with E-state index in [9.17, 15) is 119 Å². The van der Waals surface area contributed by atoms with E-state index in [4.69, 9.17) is 73.7 Å². The van der Waals surface area contributed by atoms with Gasteiger partial charge in [-0.3, -0.25) is 67.1 Å². The Morgan fingerprint density at radius 2 is 0.664 bits per heavy atom. The maximum Gasteiger partial charge on any atom is 0.417 e. The number of aliphatic hydroxyl groups excluding tert-OH is 2. The van der Waals surface area contributed by atoms with Crippen LogP contribution in [0.15, 0.2) is 163 Å². The highest BCUT2D eigenvalue weighted by Gasteiger charge is 2.36. The van der Waals surface area contributed by atoms with Crippen LogP contribution in [0, 0.1) is 5.82 Å². The van der Waals surface area contributed by atoms with Crippen LogP contribution in [0.5, 0.6) is 0 Å². The van der Waals surface area contributed by atoms with E-state index in [0.29, 0.717) is 42.9 Å². The minimum Gasteiger partial charge on any atom is -0.392 e. The first-order chi connectivity index (χ1) is 61.7. The number of ketones is 7.